The summed E-state index contributed by atoms with van der Waals surface area (Å²) in [5.41, 5.74) is -1.15. The zero-order valence-electron chi connectivity index (χ0n) is 15.4. The zero-order valence-corrected chi connectivity index (χ0v) is 16.2. The van der Waals surface area contributed by atoms with Gasteiger partial charge in [-0.15, -0.1) is 0 Å². The van der Waals surface area contributed by atoms with E-state index in [9.17, 15) is 14.7 Å². The minimum Gasteiger partial charge on any atom is -0.502 e. The second-order valence-corrected chi connectivity index (χ2v) is 8.03. The average molecular weight is 393 g/mol. The van der Waals surface area contributed by atoms with E-state index in [0.29, 0.717) is 43.3 Å². The Bertz CT molecular complexity index is 870. The molecule has 2 aromatic heterocycles. The molecule has 8 nitrogen and oxygen atoms in total. The first-order valence-corrected chi connectivity index (χ1v) is 10.0. The van der Waals surface area contributed by atoms with Crippen LogP contribution in [-0.2, 0) is 16.6 Å². The van der Waals surface area contributed by atoms with Crippen LogP contribution in [0.5, 0.6) is 5.75 Å². The number of aromatic nitrogens is 2. The molecule has 1 amide bonds. The molecule has 9 heteroatoms. The van der Waals surface area contributed by atoms with Crippen molar-refractivity contribution in [2.75, 3.05) is 18.1 Å². The predicted octanol–water partition coefficient (Wildman–Crippen LogP) is 1.86. The number of carbonyl (C=O) groups excluding carboxylic acids is 1. The number of rotatable bonds is 6. The Morgan fingerprint density at radius 3 is 2.78 bits per heavy atom. The molecule has 0 aromatic carbocycles. The molecule has 0 radical (unpaired) electrons. The molecule has 1 saturated heterocycles. The summed E-state index contributed by atoms with van der Waals surface area (Å²) in [6, 6.07) is 1.26. The number of amides is 1. The summed E-state index contributed by atoms with van der Waals surface area (Å²) in [5.74, 6) is 2.81. The first-order chi connectivity index (χ1) is 12.9. The summed E-state index contributed by atoms with van der Waals surface area (Å²) in [5, 5.41) is 16.9. The molecule has 146 valence electrons. The maximum absolute atomic E-state index is 12.6. The summed E-state index contributed by atoms with van der Waals surface area (Å²) in [4.78, 5) is 28.7. The summed E-state index contributed by atoms with van der Waals surface area (Å²) >= 11 is 1.79. The molecule has 0 unspecified atom stereocenters. The van der Waals surface area contributed by atoms with Crippen molar-refractivity contribution in [2.24, 2.45) is 0 Å². The Morgan fingerprint density at radius 1 is 1.37 bits per heavy atom. The van der Waals surface area contributed by atoms with Gasteiger partial charge in [-0.05, 0) is 38.2 Å². The van der Waals surface area contributed by atoms with Gasteiger partial charge in [-0.1, -0.05) is 5.16 Å². The number of nitrogens with zero attached hydrogens (tertiary/aromatic N) is 2. The first-order valence-electron chi connectivity index (χ1n) is 8.87. The number of hydrogen-bond acceptors (Lipinski definition) is 8. The Hall–Kier alpha value is -2.29. The van der Waals surface area contributed by atoms with Crippen LogP contribution >= 0.6 is 11.8 Å². The number of carbonyl (C=O) groups is 1. The van der Waals surface area contributed by atoms with Gasteiger partial charge in [0.15, 0.2) is 11.6 Å². The third kappa shape index (κ3) is 4.52. The van der Waals surface area contributed by atoms with Gasteiger partial charge < -0.3 is 19.4 Å². The Kier molecular flexibility index (Phi) is 5.88. The van der Waals surface area contributed by atoms with Crippen molar-refractivity contribution in [3.8, 4) is 5.75 Å². The third-order valence-corrected chi connectivity index (χ3v) is 5.69. The molecule has 0 aliphatic carbocycles. The van der Waals surface area contributed by atoms with Crippen LogP contribution < -0.4 is 10.7 Å². The molecule has 0 saturated carbocycles. The fourth-order valence-corrected chi connectivity index (χ4v) is 4.60. The van der Waals surface area contributed by atoms with E-state index in [2.05, 4.69) is 15.5 Å². The lowest BCUT2D eigenvalue weighted by Crippen LogP contribution is -2.39. The Morgan fingerprint density at radius 2 is 2.11 bits per heavy atom. The van der Waals surface area contributed by atoms with Gasteiger partial charge in [0.05, 0.1) is 0 Å². The van der Waals surface area contributed by atoms with E-state index in [1.807, 2.05) is 0 Å². The van der Waals surface area contributed by atoms with Gasteiger partial charge in [0.1, 0.15) is 5.76 Å². The van der Waals surface area contributed by atoms with E-state index in [1.54, 1.807) is 25.6 Å². The quantitative estimate of drug-likeness (QED) is 0.763. The van der Waals surface area contributed by atoms with Gasteiger partial charge in [0, 0.05) is 30.9 Å². The molecule has 2 N–H and O–H groups in total. The van der Waals surface area contributed by atoms with Crippen molar-refractivity contribution in [1.29, 1.82) is 0 Å². The number of aromatic hydroxyl groups is 1. The molecule has 0 atom stereocenters. The van der Waals surface area contributed by atoms with Crippen LogP contribution in [0.3, 0.4) is 0 Å². The molecular weight excluding hydrogens is 370 g/mol. The van der Waals surface area contributed by atoms with Gasteiger partial charge in [0.2, 0.25) is 23.0 Å². The van der Waals surface area contributed by atoms with Crippen LogP contribution in [0.2, 0.25) is 0 Å². The molecule has 0 spiro atoms. The van der Waals surface area contributed by atoms with E-state index in [4.69, 9.17) is 8.94 Å². The van der Waals surface area contributed by atoms with Gasteiger partial charge in [-0.25, -0.2) is 0 Å². The lowest BCUT2D eigenvalue weighted by atomic mass is 9.75. The minimum absolute atomic E-state index is 0.149. The normalized spacial score (nSPS) is 16.2. The predicted molar refractivity (Wildman–Crippen MR) is 100.0 cm³/mol. The summed E-state index contributed by atoms with van der Waals surface area (Å²) in [6.07, 6.45) is 1.92. The van der Waals surface area contributed by atoms with Crippen LogP contribution in [0.15, 0.2) is 19.8 Å². The lowest BCUT2D eigenvalue weighted by molar-refractivity contribution is -0.122. The molecule has 1 fully saturated rings. The summed E-state index contributed by atoms with van der Waals surface area (Å²) in [7, 11) is 0. The second kappa shape index (κ2) is 8.16. The van der Waals surface area contributed by atoms with Crippen molar-refractivity contribution >= 4 is 17.7 Å². The van der Waals surface area contributed by atoms with E-state index in [0.717, 1.165) is 11.5 Å². The average Bonchev–Trinajstić information content (AvgIpc) is 3.04. The van der Waals surface area contributed by atoms with Crippen molar-refractivity contribution < 1.29 is 18.8 Å². The van der Waals surface area contributed by atoms with Crippen molar-refractivity contribution in [1.82, 2.24) is 15.5 Å². The largest absolute Gasteiger partial charge is 0.502 e. The highest BCUT2D eigenvalue weighted by atomic mass is 32.2. The molecule has 3 rings (SSSR count). The van der Waals surface area contributed by atoms with Crippen molar-refractivity contribution in [3.05, 3.63) is 39.5 Å². The number of hydrogen-bond donors (Lipinski definition) is 2. The molecule has 0 bridgehead atoms. The zero-order chi connectivity index (χ0) is 19.4. The van der Waals surface area contributed by atoms with Gasteiger partial charge in [-0.2, -0.15) is 16.7 Å². The van der Waals surface area contributed by atoms with Crippen molar-refractivity contribution in [3.63, 3.8) is 0 Å². The van der Waals surface area contributed by atoms with Crippen LogP contribution in [-0.4, -0.2) is 39.2 Å². The van der Waals surface area contributed by atoms with E-state index in [-0.39, 0.29) is 23.8 Å². The lowest BCUT2D eigenvalue weighted by Gasteiger charge is -2.35. The Labute approximate surface area is 160 Å². The molecule has 2 aromatic rings. The van der Waals surface area contributed by atoms with E-state index >= 15 is 0 Å². The molecular formula is C18H23N3O5S. The van der Waals surface area contributed by atoms with Crippen molar-refractivity contribution in [2.45, 2.75) is 44.9 Å². The van der Waals surface area contributed by atoms with Gasteiger partial charge in [-0.3, -0.25) is 9.59 Å². The van der Waals surface area contributed by atoms with E-state index in [1.165, 1.54) is 6.07 Å². The number of thioether (sulfide) groups is 1. The highest BCUT2D eigenvalue weighted by Gasteiger charge is 2.41. The van der Waals surface area contributed by atoms with Gasteiger partial charge in [0.25, 0.3) is 0 Å². The molecule has 27 heavy (non-hydrogen) atoms. The topological polar surface area (TPSA) is 118 Å². The van der Waals surface area contributed by atoms with E-state index < -0.39 is 10.8 Å². The third-order valence-electron chi connectivity index (χ3n) is 4.71. The second-order valence-electron chi connectivity index (χ2n) is 6.80. The first kappa shape index (κ1) is 19.5. The minimum atomic E-state index is -0.675. The van der Waals surface area contributed by atoms with Crippen LogP contribution in [0.25, 0.3) is 0 Å². The fraction of sp³-hybridized carbons (Fsp3) is 0.556. The monoisotopic (exact) mass is 393 g/mol. The summed E-state index contributed by atoms with van der Waals surface area (Å²) < 4.78 is 10.8. The standard InChI is InChI=1S/C18H23N3O5S/c1-11-9-13(22)16(24)17(25-11)18(4-7-27-8-5-18)10-14(23)19-6-3-15-20-12(2)21-26-15/h9,24H,3-8,10H2,1-2H3,(H,19,23). The number of nitrogens with one attached hydrogen (secondary N) is 1. The molecule has 1 aliphatic rings. The van der Waals surface area contributed by atoms with Crippen LogP contribution in [0.1, 0.15) is 42.5 Å². The molecule has 1 aliphatic heterocycles. The smallest absolute Gasteiger partial charge is 0.228 e. The van der Waals surface area contributed by atoms with Crippen LogP contribution in [0, 0.1) is 13.8 Å². The fourth-order valence-electron chi connectivity index (χ4n) is 3.33. The van der Waals surface area contributed by atoms with Gasteiger partial charge >= 0.3 is 0 Å². The molecule has 3 heterocycles. The highest BCUT2D eigenvalue weighted by Crippen LogP contribution is 2.43. The highest BCUT2D eigenvalue weighted by molar-refractivity contribution is 7.99. The SMILES string of the molecule is Cc1noc(CCNC(=O)CC2(c3oc(C)cc(=O)c3O)CCSCC2)n1. The maximum atomic E-state index is 12.6. The van der Waals surface area contributed by atoms with Crippen LogP contribution in [0.4, 0.5) is 0 Å². The summed E-state index contributed by atoms with van der Waals surface area (Å²) in [6.45, 7) is 3.77. The Balaban J connectivity index is 1.73. The maximum Gasteiger partial charge on any atom is 0.228 e. The number of aryl methyl sites for hydroxylation is 2.